The number of carbonyl (C=O) groups is 2. The van der Waals surface area contributed by atoms with Crippen molar-refractivity contribution in [3.63, 3.8) is 0 Å². The fourth-order valence-electron chi connectivity index (χ4n) is 1.99. The van der Waals surface area contributed by atoms with Crippen LogP contribution in [0.4, 0.5) is 0 Å². The Kier molecular flexibility index (Phi) is 3.76. The standard InChI is InChI=1S/C16H15NO2/c1-11(18)14-5-3-4-6-15(14)12-7-9-13(10-8-12)16(19)17-2/h3-10H,1-2H3,(H,17,19). The van der Waals surface area contributed by atoms with E-state index in [0.717, 1.165) is 11.1 Å². The Morgan fingerprint density at radius 1 is 0.947 bits per heavy atom. The highest BCUT2D eigenvalue weighted by Crippen LogP contribution is 2.24. The zero-order valence-corrected chi connectivity index (χ0v) is 10.9. The van der Waals surface area contributed by atoms with E-state index in [9.17, 15) is 9.59 Å². The van der Waals surface area contributed by atoms with E-state index >= 15 is 0 Å². The smallest absolute Gasteiger partial charge is 0.251 e. The molecule has 19 heavy (non-hydrogen) atoms. The van der Waals surface area contributed by atoms with E-state index in [1.165, 1.54) is 0 Å². The third kappa shape index (κ3) is 2.71. The second kappa shape index (κ2) is 5.48. The molecule has 2 aromatic rings. The van der Waals surface area contributed by atoms with Crippen LogP contribution in [0.3, 0.4) is 0 Å². The van der Waals surface area contributed by atoms with Crippen LogP contribution in [0.15, 0.2) is 48.5 Å². The zero-order chi connectivity index (χ0) is 13.8. The van der Waals surface area contributed by atoms with Crippen LogP contribution in [-0.4, -0.2) is 18.7 Å². The molecule has 0 unspecified atom stereocenters. The van der Waals surface area contributed by atoms with E-state index in [4.69, 9.17) is 0 Å². The molecule has 0 radical (unpaired) electrons. The van der Waals surface area contributed by atoms with Gasteiger partial charge in [-0.2, -0.15) is 0 Å². The van der Waals surface area contributed by atoms with Crippen LogP contribution in [0.1, 0.15) is 27.6 Å². The Balaban J connectivity index is 2.43. The minimum Gasteiger partial charge on any atom is -0.355 e. The summed E-state index contributed by atoms with van der Waals surface area (Å²) in [4.78, 5) is 23.1. The monoisotopic (exact) mass is 253 g/mol. The molecular formula is C16H15NO2. The summed E-state index contributed by atoms with van der Waals surface area (Å²) >= 11 is 0. The maximum absolute atomic E-state index is 11.6. The average Bonchev–Trinajstić information content (AvgIpc) is 2.46. The van der Waals surface area contributed by atoms with Crippen molar-refractivity contribution in [2.45, 2.75) is 6.92 Å². The van der Waals surface area contributed by atoms with Gasteiger partial charge in [-0.15, -0.1) is 0 Å². The van der Waals surface area contributed by atoms with E-state index in [1.807, 2.05) is 36.4 Å². The third-order valence-corrected chi connectivity index (χ3v) is 2.99. The van der Waals surface area contributed by atoms with Gasteiger partial charge in [-0.1, -0.05) is 36.4 Å². The van der Waals surface area contributed by atoms with E-state index in [-0.39, 0.29) is 11.7 Å². The van der Waals surface area contributed by atoms with Crippen LogP contribution in [0.5, 0.6) is 0 Å². The fourth-order valence-corrected chi connectivity index (χ4v) is 1.99. The van der Waals surface area contributed by atoms with E-state index in [0.29, 0.717) is 11.1 Å². The average molecular weight is 253 g/mol. The van der Waals surface area contributed by atoms with Crippen LogP contribution >= 0.6 is 0 Å². The molecule has 2 rings (SSSR count). The lowest BCUT2D eigenvalue weighted by Crippen LogP contribution is -2.17. The van der Waals surface area contributed by atoms with Gasteiger partial charge >= 0.3 is 0 Å². The lowest BCUT2D eigenvalue weighted by Gasteiger charge is -2.07. The summed E-state index contributed by atoms with van der Waals surface area (Å²) in [5, 5.41) is 2.58. The molecule has 0 atom stereocenters. The minimum absolute atomic E-state index is 0.0333. The molecule has 1 amide bonds. The van der Waals surface area contributed by atoms with Crippen LogP contribution in [0.2, 0.25) is 0 Å². The molecule has 0 saturated heterocycles. The van der Waals surface area contributed by atoms with Crippen LogP contribution in [0, 0.1) is 0 Å². The molecule has 0 aliphatic rings. The molecular weight excluding hydrogens is 238 g/mol. The van der Waals surface area contributed by atoms with Gasteiger partial charge in [0.15, 0.2) is 5.78 Å². The van der Waals surface area contributed by atoms with Crippen LogP contribution in [0.25, 0.3) is 11.1 Å². The predicted molar refractivity (Wildman–Crippen MR) is 75.3 cm³/mol. The molecule has 0 aliphatic heterocycles. The van der Waals surface area contributed by atoms with Gasteiger partial charge in [-0.3, -0.25) is 9.59 Å². The van der Waals surface area contributed by atoms with Crippen LogP contribution in [-0.2, 0) is 0 Å². The first-order valence-corrected chi connectivity index (χ1v) is 6.06. The molecule has 0 saturated carbocycles. The molecule has 0 heterocycles. The fraction of sp³-hybridized carbons (Fsp3) is 0.125. The number of carbonyl (C=O) groups excluding carboxylic acids is 2. The van der Waals surface area contributed by atoms with Gasteiger partial charge in [0.05, 0.1) is 0 Å². The van der Waals surface area contributed by atoms with E-state index in [2.05, 4.69) is 5.32 Å². The highest BCUT2D eigenvalue weighted by Gasteiger charge is 2.09. The summed E-state index contributed by atoms with van der Waals surface area (Å²) in [5.41, 5.74) is 3.11. The largest absolute Gasteiger partial charge is 0.355 e. The third-order valence-electron chi connectivity index (χ3n) is 2.99. The number of rotatable bonds is 3. The summed E-state index contributed by atoms with van der Waals surface area (Å²) in [6.07, 6.45) is 0. The highest BCUT2D eigenvalue weighted by molar-refractivity contribution is 6.01. The molecule has 0 aromatic heterocycles. The van der Waals surface area contributed by atoms with Gasteiger partial charge in [0.25, 0.3) is 5.91 Å². The number of amides is 1. The molecule has 3 nitrogen and oxygen atoms in total. The number of nitrogens with one attached hydrogen (secondary N) is 1. The highest BCUT2D eigenvalue weighted by atomic mass is 16.1. The van der Waals surface area contributed by atoms with Crippen molar-refractivity contribution in [3.8, 4) is 11.1 Å². The minimum atomic E-state index is -0.119. The van der Waals surface area contributed by atoms with Crippen molar-refractivity contribution < 1.29 is 9.59 Å². The second-order valence-corrected chi connectivity index (χ2v) is 4.26. The molecule has 3 heteroatoms. The lowest BCUT2D eigenvalue weighted by molar-refractivity contribution is 0.0961. The van der Waals surface area contributed by atoms with E-state index < -0.39 is 0 Å². The number of ketones is 1. The first-order valence-electron chi connectivity index (χ1n) is 6.06. The van der Waals surface area contributed by atoms with Gasteiger partial charge in [-0.25, -0.2) is 0 Å². The number of hydrogen-bond donors (Lipinski definition) is 1. The van der Waals surface area contributed by atoms with Crippen molar-refractivity contribution in [1.82, 2.24) is 5.32 Å². The molecule has 96 valence electrons. The van der Waals surface area contributed by atoms with Gasteiger partial charge in [0, 0.05) is 18.2 Å². The number of hydrogen-bond acceptors (Lipinski definition) is 2. The topological polar surface area (TPSA) is 46.2 Å². The summed E-state index contributed by atoms with van der Waals surface area (Å²) in [7, 11) is 1.60. The normalized spacial score (nSPS) is 10.0. The number of Topliss-reactive ketones (excluding diaryl/α,β-unsaturated/α-hetero) is 1. The lowest BCUT2D eigenvalue weighted by atomic mass is 9.97. The molecule has 2 aromatic carbocycles. The Bertz CT molecular complexity index is 615. The summed E-state index contributed by atoms with van der Waals surface area (Å²) in [6, 6.07) is 14.7. The zero-order valence-electron chi connectivity index (χ0n) is 10.9. The van der Waals surface area contributed by atoms with Gasteiger partial charge in [0.2, 0.25) is 0 Å². The van der Waals surface area contributed by atoms with Crippen molar-refractivity contribution >= 4 is 11.7 Å². The Labute approximate surface area is 112 Å². The first-order chi connectivity index (χ1) is 9.13. The van der Waals surface area contributed by atoms with Crippen molar-refractivity contribution in [3.05, 3.63) is 59.7 Å². The van der Waals surface area contributed by atoms with Gasteiger partial charge < -0.3 is 5.32 Å². The molecule has 0 aliphatic carbocycles. The molecule has 0 fully saturated rings. The summed E-state index contributed by atoms with van der Waals surface area (Å²) < 4.78 is 0. The molecule has 1 N–H and O–H groups in total. The van der Waals surface area contributed by atoms with Crippen molar-refractivity contribution in [2.24, 2.45) is 0 Å². The Morgan fingerprint density at radius 2 is 1.58 bits per heavy atom. The molecule has 0 spiro atoms. The maximum Gasteiger partial charge on any atom is 0.251 e. The second-order valence-electron chi connectivity index (χ2n) is 4.26. The summed E-state index contributed by atoms with van der Waals surface area (Å²) in [5.74, 6) is -0.0858. The van der Waals surface area contributed by atoms with Gasteiger partial charge in [0.1, 0.15) is 0 Å². The Morgan fingerprint density at radius 3 is 2.16 bits per heavy atom. The maximum atomic E-state index is 11.6. The van der Waals surface area contributed by atoms with Crippen molar-refractivity contribution in [2.75, 3.05) is 7.05 Å². The van der Waals surface area contributed by atoms with E-state index in [1.54, 1.807) is 26.1 Å². The molecule has 0 bridgehead atoms. The quantitative estimate of drug-likeness (QED) is 0.855. The Hall–Kier alpha value is -2.42. The SMILES string of the molecule is CNC(=O)c1ccc(-c2ccccc2C(C)=O)cc1. The van der Waals surface area contributed by atoms with Crippen LogP contribution < -0.4 is 5.32 Å². The first kappa shape index (κ1) is 13.0. The summed E-state index contributed by atoms with van der Waals surface area (Å²) in [6.45, 7) is 1.55. The van der Waals surface area contributed by atoms with Crippen molar-refractivity contribution in [1.29, 1.82) is 0 Å². The van der Waals surface area contributed by atoms with Gasteiger partial charge in [-0.05, 0) is 30.2 Å². The predicted octanol–water partition coefficient (Wildman–Crippen LogP) is 2.92. The number of benzene rings is 2.